The van der Waals surface area contributed by atoms with Crippen molar-refractivity contribution in [2.75, 3.05) is 13.7 Å². The zero-order valence-corrected chi connectivity index (χ0v) is 13.1. The standard InChI is InChI=1S/C14H18N2O8/c1-3-8-23-14(21)15-9(4-7-12(19)22-2)13(20)24-16-10(17)5-6-11(16)18/h3,9H,1,4-8H2,2H3,(H,15,21)/t9-/m1/s1. The number of methoxy groups -OCH3 is 1. The molecule has 0 saturated carbocycles. The molecule has 0 unspecified atom stereocenters. The molecule has 1 aliphatic rings. The lowest BCUT2D eigenvalue weighted by Crippen LogP contribution is -2.45. The maximum absolute atomic E-state index is 12.1. The average Bonchev–Trinajstić information content (AvgIpc) is 2.87. The van der Waals surface area contributed by atoms with Crippen LogP contribution in [0.15, 0.2) is 12.7 Å². The molecular weight excluding hydrogens is 324 g/mol. The first kappa shape index (κ1) is 19.1. The van der Waals surface area contributed by atoms with E-state index >= 15 is 0 Å². The van der Waals surface area contributed by atoms with Crippen molar-refractivity contribution in [3.63, 3.8) is 0 Å². The molecule has 1 saturated heterocycles. The Labute approximate surface area is 137 Å². The van der Waals surface area contributed by atoms with Gasteiger partial charge in [-0.1, -0.05) is 12.7 Å². The van der Waals surface area contributed by atoms with Crippen molar-refractivity contribution in [2.24, 2.45) is 0 Å². The van der Waals surface area contributed by atoms with Gasteiger partial charge < -0.3 is 19.6 Å². The summed E-state index contributed by atoms with van der Waals surface area (Å²) in [6, 6.07) is -1.30. The number of rotatable bonds is 8. The van der Waals surface area contributed by atoms with Gasteiger partial charge in [-0.05, 0) is 6.42 Å². The number of ether oxygens (including phenoxy) is 2. The molecule has 0 bridgehead atoms. The molecule has 1 fully saturated rings. The lowest BCUT2D eigenvalue weighted by Gasteiger charge is -2.19. The van der Waals surface area contributed by atoms with E-state index < -0.39 is 35.9 Å². The molecule has 0 aromatic heterocycles. The summed E-state index contributed by atoms with van der Waals surface area (Å²) in [5.41, 5.74) is 0. The largest absolute Gasteiger partial charge is 0.469 e. The van der Waals surface area contributed by atoms with Crippen molar-refractivity contribution in [3.8, 4) is 0 Å². The fourth-order valence-electron chi connectivity index (χ4n) is 1.74. The van der Waals surface area contributed by atoms with Crippen molar-refractivity contribution < 1.29 is 38.3 Å². The predicted molar refractivity (Wildman–Crippen MR) is 76.9 cm³/mol. The number of esters is 1. The summed E-state index contributed by atoms with van der Waals surface area (Å²) in [5, 5.41) is 2.55. The van der Waals surface area contributed by atoms with Crippen LogP contribution in [0.2, 0.25) is 0 Å². The number of imide groups is 1. The number of alkyl carbamates (subject to hydrolysis) is 1. The van der Waals surface area contributed by atoms with Crippen LogP contribution in [0.1, 0.15) is 25.7 Å². The summed E-state index contributed by atoms with van der Waals surface area (Å²) < 4.78 is 9.13. The highest BCUT2D eigenvalue weighted by Crippen LogP contribution is 2.13. The van der Waals surface area contributed by atoms with E-state index in [0.717, 1.165) is 0 Å². The minimum Gasteiger partial charge on any atom is -0.469 e. The van der Waals surface area contributed by atoms with Crippen LogP contribution in [0.5, 0.6) is 0 Å². The van der Waals surface area contributed by atoms with Gasteiger partial charge in [0.05, 0.1) is 7.11 Å². The second kappa shape index (κ2) is 9.28. The molecule has 10 heteroatoms. The fraction of sp³-hybridized carbons (Fsp3) is 0.500. The molecule has 24 heavy (non-hydrogen) atoms. The lowest BCUT2D eigenvalue weighted by molar-refractivity contribution is -0.199. The summed E-state index contributed by atoms with van der Waals surface area (Å²) >= 11 is 0. The molecule has 1 aliphatic heterocycles. The van der Waals surface area contributed by atoms with Crippen LogP contribution in [-0.2, 0) is 33.5 Å². The first-order valence-corrected chi connectivity index (χ1v) is 7.07. The summed E-state index contributed by atoms with van der Waals surface area (Å²) in [7, 11) is 1.17. The van der Waals surface area contributed by atoms with Crippen LogP contribution in [-0.4, -0.2) is 54.7 Å². The van der Waals surface area contributed by atoms with E-state index in [-0.39, 0.29) is 32.3 Å². The molecule has 1 N–H and O–H groups in total. The SMILES string of the molecule is C=CCOC(=O)N[C@H](CCC(=O)OC)C(=O)ON1C(=O)CCC1=O. The summed E-state index contributed by atoms with van der Waals surface area (Å²) in [4.78, 5) is 62.4. The van der Waals surface area contributed by atoms with E-state index in [9.17, 15) is 24.0 Å². The number of hydroxylamine groups is 2. The Hall–Kier alpha value is -2.91. The molecule has 0 aliphatic carbocycles. The zero-order valence-electron chi connectivity index (χ0n) is 13.1. The van der Waals surface area contributed by atoms with E-state index in [1.54, 1.807) is 0 Å². The molecule has 1 heterocycles. The third kappa shape index (κ3) is 5.71. The third-order valence-corrected chi connectivity index (χ3v) is 2.96. The molecular formula is C14H18N2O8. The minimum atomic E-state index is -1.30. The maximum atomic E-state index is 12.1. The van der Waals surface area contributed by atoms with Gasteiger partial charge in [0.2, 0.25) is 0 Å². The Morgan fingerprint density at radius 1 is 1.29 bits per heavy atom. The highest BCUT2D eigenvalue weighted by Gasteiger charge is 2.35. The smallest absolute Gasteiger partial charge is 0.408 e. The van der Waals surface area contributed by atoms with E-state index in [1.165, 1.54) is 13.2 Å². The Morgan fingerprint density at radius 2 is 1.92 bits per heavy atom. The van der Waals surface area contributed by atoms with Gasteiger partial charge in [0, 0.05) is 19.3 Å². The maximum Gasteiger partial charge on any atom is 0.408 e. The molecule has 0 aromatic carbocycles. The normalized spacial score (nSPS) is 14.8. The Bertz CT molecular complexity index is 529. The van der Waals surface area contributed by atoms with Crippen molar-refractivity contribution in [2.45, 2.75) is 31.7 Å². The highest BCUT2D eigenvalue weighted by molar-refractivity contribution is 6.01. The number of carbonyl (C=O) groups is 5. The van der Waals surface area contributed by atoms with Gasteiger partial charge in [-0.3, -0.25) is 14.4 Å². The molecule has 132 valence electrons. The average molecular weight is 342 g/mol. The topological polar surface area (TPSA) is 128 Å². The summed E-state index contributed by atoms with van der Waals surface area (Å²) in [6.45, 7) is 3.27. The molecule has 1 rings (SSSR count). The molecule has 10 nitrogen and oxygen atoms in total. The Morgan fingerprint density at radius 3 is 2.46 bits per heavy atom. The minimum absolute atomic E-state index is 0.0618. The van der Waals surface area contributed by atoms with Gasteiger partial charge in [-0.25, -0.2) is 9.59 Å². The van der Waals surface area contributed by atoms with Gasteiger partial charge in [-0.2, -0.15) is 0 Å². The van der Waals surface area contributed by atoms with Crippen LogP contribution in [0.4, 0.5) is 4.79 Å². The van der Waals surface area contributed by atoms with Crippen molar-refractivity contribution in [3.05, 3.63) is 12.7 Å². The number of carbonyl (C=O) groups excluding carboxylic acids is 5. The van der Waals surface area contributed by atoms with Crippen LogP contribution in [0, 0.1) is 0 Å². The van der Waals surface area contributed by atoms with Crippen LogP contribution < -0.4 is 5.32 Å². The van der Waals surface area contributed by atoms with Crippen LogP contribution in [0.25, 0.3) is 0 Å². The van der Waals surface area contributed by atoms with Crippen LogP contribution in [0.3, 0.4) is 0 Å². The van der Waals surface area contributed by atoms with Gasteiger partial charge >= 0.3 is 18.0 Å². The first-order chi connectivity index (χ1) is 11.4. The van der Waals surface area contributed by atoms with Crippen molar-refractivity contribution >= 4 is 29.8 Å². The van der Waals surface area contributed by atoms with Gasteiger partial charge in [0.25, 0.3) is 11.8 Å². The number of hydrogen-bond acceptors (Lipinski definition) is 8. The molecule has 3 amide bonds. The van der Waals surface area contributed by atoms with E-state index in [4.69, 9.17) is 4.84 Å². The van der Waals surface area contributed by atoms with Gasteiger partial charge in [0.1, 0.15) is 12.6 Å². The van der Waals surface area contributed by atoms with Crippen LogP contribution >= 0.6 is 0 Å². The van der Waals surface area contributed by atoms with Gasteiger partial charge in [-0.15, -0.1) is 5.06 Å². The van der Waals surface area contributed by atoms with Crippen molar-refractivity contribution in [1.82, 2.24) is 10.4 Å². The third-order valence-electron chi connectivity index (χ3n) is 2.96. The highest BCUT2D eigenvalue weighted by atomic mass is 16.7. The van der Waals surface area contributed by atoms with E-state index in [0.29, 0.717) is 5.06 Å². The fourth-order valence-corrected chi connectivity index (χ4v) is 1.74. The van der Waals surface area contributed by atoms with E-state index in [2.05, 4.69) is 21.4 Å². The first-order valence-electron chi connectivity index (χ1n) is 7.07. The quantitative estimate of drug-likeness (QED) is 0.366. The van der Waals surface area contributed by atoms with Gasteiger partial charge in [0.15, 0.2) is 0 Å². The molecule has 0 aromatic rings. The van der Waals surface area contributed by atoms with E-state index in [1.807, 2.05) is 0 Å². The second-order valence-corrected chi connectivity index (χ2v) is 4.69. The summed E-state index contributed by atoms with van der Waals surface area (Å²) in [5.74, 6) is -3.00. The molecule has 0 radical (unpaired) electrons. The van der Waals surface area contributed by atoms with Crippen molar-refractivity contribution in [1.29, 1.82) is 0 Å². The Balaban J connectivity index is 2.70. The molecule has 0 spiro atoms. The number of nitrogens with one attached hydrogen (secondary N) is 1. The lowest BCUT2D eigenvalue weighted by atomic mass is 10.1. The monoisotopic (exact) mass is 342 g/mol. The number of amides is 3. The number of nitrogens with zero attached hydrogens (tertiary/aromatic N) is 1. The second-order valence-electron chi connectivity index (χ2n) is 4.69. The Kier molecular flexibility index (Phi) is 7.40. The predicted octanol–water partition coefficient (Wildman–Crippen LogP) is -0.172. The molecule has 1 atom stereocenters. The number of hydrogen-bond donors (Lipinski definition) is 1. The summed E-state index contributed by atoms with van der Waals surface area (Å²) in [6.07, 6.45) is -0.101. The zero-order chi connectivity index (χ0) is 18.1.